The van der Waals surface area contributed by atoms with Crippen molar-refractivity contribution in [2.45, 2.75) is 72.3 Å². The Hall–Kier alpha value is -0.890. The summed E-state index contributed by atoms with van der Waals surface area (Å²) in [5.41, 5.74) is 2.82. The molecule has 2 aliphatic carbocycles. The standard InChI is InChI=1S/C20H32O2/c1-14(10-11-21)6-8-17-15(2)7-9-18-19(3,4)12-16(22)13-20(17,18)5/h10-11,16-18,22H,2,6-9,12-13H2,1,3-5H3/b14-10+/t16-,17+,18-,20+/m1/s1. The third kappa shape index (κ3) is 3.22. The number of rotatable bonds is 4. The van der Waals surface area contributed by atoms with E-state index >= 15 is 0 Å². The Kier molecular flexibility index (Phi) is 5.01. The second kappa shape index (κ2) is 6.31. The van der Waals surface area contributed by atoms with E-state index in [0.717, 1.165) is 44.0 Å². The zero-order chi connectivity index (χ0) is 16.5. The van der Waals surface area contributed by atoms with Gasteiger partial charge in [-0.3, -0.25) is 4.79 Å². The van der Waals surface area contributed by atoms with Crippen LogP contribution in [0.1, 0.15) is 66.2 Å². The second-order valence-electron chi connectivity index (χ2n) is 8.55. The lowest BCUT2D eigenvalue weighted by Crippen LogP contribution is -2.53. The molecule has 0 heterocycles. The Balaban J connectivity index is 2.24. The lowest BCUT2D eigenvalue weighted by atomic mass is 9.46. The number of carbonyl (C=O) groups excluding carboxylic acids is 1. The molecule has 2 heteroatoms. The summed E-state index contributed by atoms with van der Waals surface area (Å²) in [6.45, 7) is 13.4. The van der Waals surface area contributed by atoms with E-state index in [4.69, 9.17) is 0 Å². The maximum atomic E-state index is 10.6. The smallest absolute Gasteiger partial charge is 0.142 e. The van der Waals surface area contributed by atoms with E-state index in [0.29, 0.717) is 11.8 Å². The first kappa shape index (κ1) is 17.5. The molecule has 0 amide bonds. The van der Waals surface area contributed by atoms with Gasteiger partial charge in [-0.2, -0.15) is 0 Å². The number of aldehydes is 1. The number of carbonyl (C=O) groups is 1. The molecular weight excluding hydrogens is 272 g/mol. The van der Waals surface area contributed by atoms with Crippen LogP contribution in [0, 0.1) is 22.7 Å². The number of aliphatic hydroxyl groups is 1. The van der Waals surface area contributed by atoms with Crippen LogP contribution < -0.4 is 0 Å². The maximum absolute atomic E-state index is 10.6. The average molecular weight is 304 g/mol. The summed E-state index contributed by atoms with van der Waals surface area (Å²) in [6.07, 6.45) is 8.46. The number of allylic oxidation sites excluding steroid dienone is 3. The van der Waals surface area contributed by atoms with Gasteiger partial charge in [0.15, 0.2) is 0 Å². The quantitative estimate of drug-likeness (QED) is 0.465. The van der Waals surface area contributed by atoms with Crippen molar-refractivity contribution < 1.29 is 9.90 Å². The zero-order valence-corrected chi connectivity index (χ0v) is 14.7. The summed E-state index contributed by atoms with van der Waals surface area (Å²) in [7, 11) is 0. The molecule has 0 aromatic carbocycles. The van der Waals surface area contributed by atoms with Crippen molar-refractivity contribution in [3.63, 3.8) is 0 Å². The van der Waals surface area contributed by atoms with Gasteiger partial charge in [-0.05, 0) is 74.2 Å². The van der Waals surface area contributed by atoms with Crippen molar-refractivity contribution in [3.8, 4) is 0 Å². The normalized spacial score (nSPS) is 38.5. The van der Waals surface area contributed by atoms with Crippen molar-refractivity contribution in [2.24, 2.45) is 22.7 Å². The fraction of sp³-hybridized carbons (Fsp3) is 0.750. The molecule has 4 atom stereocenters. The van der Waals surface area contributed by atoms with Crippen LogP contribution in [0.15, 0.2) is 23.8 Å². The molecule has 1 N–H and O–H groups in total. The van der Waals surface area contributed by atoms with Gasteiger partial charge in [0.2, 0.25) is 0 Å². The van der Waals surface area contributed by atoms with E-state index in [1.807, 2.05) is 6.92 Å². The highest BCUT2D eigenvalue weighted by molar-refractivity contribution is 5.65. The van der Waals surface area contributed by atoms with Crippen molar-refractivity contribution >= 4 is 6.29 Å². The van der Waals surface area contributed by atoms with Crippen molar-refractivity contribution in [1.82, 2.24) is 0 Å². The lowest BCUT2D eigenvalue weighted by molar-refractivity contribution is -0.105. The second-order valence-corrected chi connectivity index (χ2v) is 8.55. The van der Waals surface area contributed by atoms with E-state index in [2.05, 4.69) is 27.4 Å². The van der Waals surface area contributed by atoms with E-state index in [1.54, 1.807) is 6.08 Å². The lowest BCUT2D eigenvalue weighted by Gasteiger charge is -2.59. The first-order chi connectivity index (χ1) is 10.2. The van der Waals surface area contributed by atoms with Gasteiger partial charge in [0, 0.05) is 0 Å². The van der Waals surface area contributed by atoms with Gasteiger partial charge in [-0.15, -0.1) is 0 Å². The summed E-state index contributed by atoms with van der Waals surface area (Å²) < 4.78 is 0. The minimum atomic E-state index is -0.198. The van der Waals surface area contributed by atoms with Gasteiger partial charge in [0.25, 0.3) is 0 Å². The molecule has 2 aliphatic rings. The van der Waals surface area contributed by atoms with E-state index in [-0.39, 0.29) is 16.9 Å². The molecule has 2 saturated carbocycles. The Morgan fingerprint density at radius 1 is 1.36 bits per heavy atom. The Morgan fingerprint density at radius 3 is 2.68 bits per heavy atom. The Morgan fingerprint density at radius 2 is 2.05 bits per heavy atom. The van der Waals surface area contributed by atoms with Crippen LogP contribution >= 0.6 is 0 Å². The van der Waals surface area contributed by atoms with Crippen LogP contribution in [0.4, 0.5) is 0 Å². The molecule has 0 saturated heterocycles. The Bertz CT molecular complexity index is 474. The molecular formula is C20H32O2. The highest BCUT2D eigenvalue weighted by atomic mass is 16.3. The van der Waals surface area contributed by atoms with Crippen LogP contribution in [0.3, 0.4) is 0 Å². The van der Waals surface area contributed by atoms with Crippen molar-refractivity contribution in [3.05, 3.63) is 23.8 Å². The van der Waals surface area contributed by atoms with Gasteiger partial charge in [0.05, 0.1) is 6.10 Å². The molecule has 22 heavy (non-hydrogen) atoms. The van der Waals surface area contributed by atoms with Gasteiger partial charge < -0.3 is 5.11 Å². The SMILES string of the molecule is C=C1CC[C@@H]2C(C)(C)C[C@@H](O)C[C@@]2(C)[C@H]1CC/C(C)=C/C=O. The molecule has 2 rings (SSSR count). The van der Waals surface area contributed by atoms with Gasteiger partial charge >= 0.3 is 0 Å². The summed E-state index contributed by atoms with van der Waals surface area (Å²) in [5.74, 6) is 1.10. The summed E-state index contributed by atoms with van der Waals surface area (Å²) in [5, 5.41) is 10.4. The van der Waals surface area contributed by atoms with Crippen LogP contribution in [-0.2, 0) is 4.79 Å². The number of aliphatic hydroxyl groups excluding tert-OH is 1. The van der Waals surface area contributed by atoms with Gasteiger partial charge in [-0.1, -0.05) is 38.5 Å². The molecule has 0 unspecified atom stereocenters. The molecule has 124 valence electrons. The topological polar surface area (TPSA) is 37.3 Å². The predicted molar refractivity (Wildman–Crippen MR) is 91.5 cm³/mol. The molecule has 0 spiro atoms. The molecule has 0 aromatic heterocycles. The summed E-state index contributed by atoms with van der Waals surface area (Å²) in [6, 6.07) is 0. The molecule has 0 bridgehead atoms. The van der Waals surface area contributed by atoms with Crippen LogP contribution in [0.2, 0.25) is 0 Å². The zero-order valence-electron chi connectivity index (χ0n) is 14.7. The van der Waals surface area contributed by atoms with Crippen LogP contribution in [0.25, 0.3) is 0 Å². The third-order valence-electron chi connectivity index (χ3n) is 6.40. The van der Waals surface area contributed by atoms with Crippen molar-refractivity contribution in [1.29, 1.82) is 0 Å². The van der Waals surface area contributed by atoms with Crippen LogP contribution in [0.5, 0.6) is 0 Å². The molecule has 2 fully saturated rings. The van der Waals surface area contributed by atoms with Gasteiger partial charge in [-0.25, -0.2) is 0 Å². The summed E-state index contributed by atoms with van der Waals surface area (Å²) >= 11 is 0. The number of hydrogen-bond acceptors (Lipinski definition) is 2. The molecule has 2 nitrogen and oxygen atoms in total. The summed E-state index contributed by atoms with van der Waals surface area (Å²) in [4.78, 5) is 10.6. The molecule has 0 aromatic rings. The van der Waals surface area contributed by atoms with E-state index < -0.39 is 0 Å². The highest BCUT2D eigenvalue weighted by Crippen LogP contribution is 2.61. The van der Waals surface area contributed by atoms with E-state index in [1.165, 1.54) is 12.0 Å². The fourth-order valence-corrected chi connectivity index (χ4v) is 5.55. The molecule has 0 radical (unpaired) electrons. The van der Waals surface area contributed by atoms with Crippen LogP contribution in [-0.4, -0.2) is 17.5 Å². The molecule has 0 aliphatic heterocycles. The largest absolute Gasteiger partial charge is 0.393 e. The van der Waals surface area contributed by atoms with E-state index in [9.17, 15) is 9.90 Å². The first-order valence-electron chi connectivity index (χ1n) is 8.67. The number of hydrogen-bond donors (Lipinski definition) is 1. The number of fused-ring (bicyclic) bond motifs is 1. The predicted octanol–water partition coefficient (Wildman–Crippen LogP) is 4.68. The third-order valence-corrected chi connectivity index (χ3v) is 6.40. The maximum Gasteiger partial charge on any atom is 0.142 e. The first-order valence-corrected chi connectivity index (χ1v) is 8.67. The fourth-order valence-electron chi connectivity index (χ4n) is 5.55. The minimum absolute atomic E-state index is 0.137. The monoisotopic (exact) mass is 304 g/mol. The van der Waals surface area contributed by atoms with Gasteiger partial charge in [0.1, 0.15) is 6.29 Å². The average Bonchev–Trinajstić information content (AvgIpc) is 2.35. The Labute approximate surface area is 135 Å². The van der Waals surface area contributed by atoms with Crippen molar-refractivity contribution in [2.75, 3.05) is 0 Å². The minimum Gasteiger partial charge on any atom is -0.393 e. The highest BCUT2D eigenvalue weighted by Gasteiger charge is 2.54.